The van der Waals surface area contributed by atoms with Crippen molar-refractivity contribution in [3.05, 3.63) is 18.0 Å². The van der Waals surface area contributed by atoms with Gasteiger partial charge in [0.2, 0.25) is 10.0 Å². The third-order valence-corrected chi connectivity index (χ3v) is 2.24. The Morgan fingerprint density at radius 3 is 2.85 bits per heavy atom. The van der Waals surface area contributed by atoms with E-state index in [2.05, 4.69) is 5.10 Å². The van der Waals surface area contributed by atoms with Crippen LogP contribution in [-0.2, 0) is 22.3 Å². The zero-order valence-electron chi connectivity index (χ0n) is 7.47. The lowest BCUT2D eigenvalue weighted by atomic mass is 10.4. The van der Waals surface area contributed by atoms with Crippen LogP contribution >= 0.6 is 0 Å². The lowest BCUT2D eigenvalue weighted by Crippen LogP contribution is -2.14. The predicted octanol–water partition coefficient (Wildman–Crippen LogP) is 0.0816. The number of nitrogens with zero attached hydrogens (tertiary/aromatic N) is 2. The summed E-state index contributed by atoms with van der Waals surface area (Å²) >= 11 is 0. The maximum absolute atomic E-state index is 10.7. The Morgan fingerprint density at radius 1 is 1.62 bits per heavy atom. The van der Waals surface area contributed by atoms with Gasteiger partial charge in [0.1, 0.15) is 0 Å². The molecule has 0 aromatic carbocycles. The Kier molecular flexibility index (Phi) is 3.05. The third-order valence-electron chi connectivity index (χ3n) is 1.51. The van der Waals surface area contributed by atoms with E-state index in [0.29, 0.717) is 5.56 Å². The first-order valence-corrected chi connectivity index (χ1v) is 5.74. The molecule has 0 unspecified atom stereocenters. The highest BCUT2D eigenvalue weighted by atomic mass is 32.2. The first kappa shape index (κ1) is 10.2. The second-order valence-corrected chi connectivity index (χ2v) is 4.53. The topological polar surface area (TPSA) is 78.0 Å². The summed E-state index contributed by atoms with van der Waals surface area (Å²) in [5.74, 6) is -0.142. The van der Waals surface area contributed by atoms with Gasteiger partial charge in [-0.05, 0) is 6.42 Å². The van der Waals surface area contributed by atoms with Crippen molar-refractivity contribution < 1.29 is 8.42 Å². The van der Waals surface area contributed by atoms with Crippen LogP contribution in [0.5, 0.6) is 0 Å². The quantitative estimate of drug-likeness (QED) is 0.752. The molecule has 0 amide bonds. The molecule has 0 aliphatic rings. The van der Waals surface area contributed by atoms with E-state index in [0.717, 1.165) is 13.0 Å². The van der Waals surface area contributed by atoms with Crippen molar-refractivity contribution in [1.82, 2.24) is 9.78 Å². The molecule has 1 heterocycles. The Bertz CT molecular complexity index is 369. The number of primary sulfonamides is 1. The fraction of sp³-hybridized carbons (Fsp3) is 0.571. The summed E-state index contributed by atoms with van der Waals surface area (Å²) in [6, 6.07) is 0. The van der Waals surface area contributed by atoms with E-state index < -0.39 is 10.0 Å². The van der Waals surface area contributed by atoms with Crippen molar-refractivity contribution in [2.45, 2.75) is 25.6 Å². The Balaban J connectivity index is 2.69. The fourth-order valence-electron chi connectivity index (χ4n) is 1.06. The molecule has 0 spiro atoms. The first-order chi connectivity index (χ1) is 6.01. The number of aromatic nitrogens is 2. The lowest BCUT2D eigenvalue weighted by Gasteiger charge is -1.95. The zero-order valence-corrected chi connectivity index (χ0v) is 8.29. The fourth-order valence-corrected chi connectivity index (χ4v) is 1.68. The summed E-state index contributed by atoms with van der Waals surface area (Å²) in [4.78, 5) is 0. The number of hydrogen-bond donors (Lipinski definition) is 1. The second kappa shape index (κ2) is 3.89. The van der Waals surface area contributed by atoms with E-state index in [1.807, 2.05) is 6.92 Å². The van der Waals surface area contributed by atoms with Crippen molar-refractivity contribution in [3.63, 3.8) is 0 Å². The largest absolute Gasteiger partial charge is 0.272 e. The van der Waals surface area contributed by atoms with Crippen molar-refractivity contribution >= 4 is 10.0 Å². The molecule has 0 saturated heterocycles. The smallest absolute Gasteiger partial charge is 0.213 e. The van der Waals surface area contributed by atoms with Crippen molar-refractivity contribution in [3.8, 4) is 0 Å². The molecule has 13 heavy (non-hydrogen) atoms. The molecule has 2 N–H and O–H groups in total. The van der Waals surface area contributed by atoms with Gasteiger partial charge in [-0.3, -0.25) is 4.68 Å². The normalized spacial score (nSPS) is 11.8. The number of aryl methyl sites for hydroxylation is 1. The van der Waals surface area contributed by atoms with Gasteiger partial charge >= 0.3 is 0 Å². The van der Waals surface area contributed by atoms with Gasteiger partial charge in [-0.15, -0.1) is 0 Å². The lowest BCUT2D eigenvalue weighted by molar-refractivity contribution is 0.596. The Hall–Kier alpha value is -0.880. The molecular weight excluding hydrogens is 190 g/mol. The van der Waals surface area contributed by atoms with Gasteiger partial charge in [-0.1, -0.05) is 6.92 Å². The van der Waals surface area contributed by atoms with Gasteiger partial charge in [-0.25, -0.2) is 13.6 Å². The molecule has 1 aromatic heterocycles. The minimum atomic E-state index is -3.43. The summed E-state index contributed by atoms with van der Waals surface area (Å²) in [5, 5.41) is 8.87. The molecule has 0 radical (unpaired) electrons. The summed E-state index contributed by atoms with van der Waals surface area (Å²) in [5.41, 5.74) is 0.635. The predicted molar refractivity (Wildman–Crippen MR) is 49.3 cm³/mol. The van der Waals surface area contributed by atoms with Gasteiger partial charge in [0.15, 0.2) is 0 Å². The maximum Gasteiger partial charge on any atom is 0.213 e. The van der Waals surface area contributed by atoms with E-state index in [1.165, 1.54) is 6.20 Å². The highest BCUT2D eigenvalue weighted by Crippen LogP contribution is 2.02. The van der Waals surface area contributed by atoms with E-state index in [1.54, 1.807) is 10.9 Å². The van der Waals surface area contributed by atoms with Gasteiger partial charge in [0, 0.05) is 18.3 Å². The molecule has 0 atom stereocenters. The molecule has 74 valence electrons. The van der Waals surface area contributed by atoms with Crippen molar-refractivity contribution in [1.29, 1.82) is 0 Å². The molecule has 0 aliphatic heterocycles. The van der Waals surface area contributed by atoms with E-state index in [4.69, 9.17) is 5.14 Å². The van der Waals surface area contributed by atoms with Crippen LogP contribution in [0.4, 0.5) is 0 Å². The number of sulfonamides is 1. The van der Waals surface area contributed by atoms with Gasteiger partial charge in [-0.2, -0.15) is 5.10 Å². The van der Waals surface area contributed by atoms with Crippen molar-refractivity contribution in [2.75, 3.05) is 0 Å². The van der Waals surface area contributed by atoms with Gasteiger partial charge < -0.3 is 0 Å². The van der Waals surface area contributed by atoms with Gasteiger partial charge in [0.05, 0.1) is 11.9 Å². The van der Waals surface area contributed by atoms with Crippen LogP contribution in [0.2, 0.25) is 0 Å². The van der Waals surface area contributed by atoms with E-state index in [9.17, 15) is 8.42 Å². The van der Waals surface area contributed by atoms with Crippen LogP contribution < -0.4 is 5.14 Å². The number of nitrogens with two attached hydrogens (primary N) is 1. The molecule has 5 nitrogen and oxygen atoms in total. The molecule has 0 bridgehead atoms. The zero-order chi connectivity index (χ0) is 9.90. The van der Waals surface area contributed by atoms with Crippen LogP contribution in [0.25, 0.3) is 0 Å². The average molecular weight is 203 g/mol. The summed E-state index contributed by atoms with van der Waals surface area (Å²) in [6.45, 7) is 2.83. The minimum Gasteiger partial charge on any atom is -0.272 e. The van der Waals surface area contributed by atoms with E-state index >= 15 is 0 Å². The SMILES string of the molecule is CCCn1cc(CS(N)(=O)=O)cn1. The third kappa shape index (κ3) is 3.56. The number of hydrogen-bond acceptors (Lipinski definition) is 3. The van der Waals surface area contributed by atoms with Crippen LogP contribution in [0.15, 0.2) is 12.4 Å². The molecule has 0 saturated carbocycles. The Labute approximate surface area is 77.6 Å². The molecule has 0 fully saturated rings. The summed E-state index contributed by atoms with van der Waals surface area (Å²) < 4.78 is 23.1. The van der Waals surface area contributed by atoms with Crippen LogP contribution in [0, 0.1) is 0 Å². The van der Waals surface area contributed by atoms with Crippen LogP contribution in [0.3, 0.4) is 0 Å². The van der Waals surface area contributed by atoms with Crippen molar-refractivity contribution in [2.24, 2.45) is 5.14 Å². The highest BCUT2D eigenvalue weighted by molar-refractivity contribution is 7.88. The monoisotopic (exact) mass is 203 g/mol. The average Bonchev–Trinajstić information content (AvgIpc) is 2.33. The first-order valence-electron chi connectivity index (χ1n) is 4.03. The minimum absolute atomic E-state index is 0.142. The summed E-state index contributed by atoms with van der Waals surface area (Å²) in [7, 11) is -3.43. The molecule has 1 aromatic rings. The van der Waals surface area contributed by atoms with Crippen LogP contribution in [0.1, 0.15) is 18.9 Å². The van der Waals surface area contributed by atoms with E-state index in [-0.39, 0.29) is 5.75 Å². The molecular formula is C7H13N3O2S. The van der Waals surface area contributed by atoms with Gasteiger partial charge in [0.25, 0.3) is 0 Å². The molecule has 0 aliphatic carbocycles. The standard InChI is InChI=1S/C7H13N3O2S/c1-2-3-10-5-7(4-9-10)6-13(8,11)12/h4-5H,2-3,6H2,1H3,(H2,8,11,12). The number of rotatable bonds is 4. The molecule has 1 rings (SSSR count). The second-order valence-electron chi connectivity index (χ2n) is 2.92. The maximum atomic E-state index is 10.7. The molecule has 6 heteroatoms. The van der Waals surface area contributed by atoms with Crippen LogP contribution in [-0.4, -0.2) is 18.2 Å². The summed E-state index contributed by atoms with van der Waals surface area (Å²) in [6.07, 6.45) is 4.20. The highest BCUT2D eigenvalue weighted by Gasteiger charge is 2.06. The Morgan fingerprint density at radius 2 is 2.31 bits per heavy atom.